The Labute approximate surface area is 141 Å². The third-order valence-corrected chi connectivity index (χ3v) is 6.37. The van der Waals surface area contributed by atoms with Crippen molar-refractivity contribution in [2.75, 3.05) is 73.1 Å². The van der Waals surface area contributed by atoms with Crippen molar-refractivity contribution in [3.8, 4) is 0 Å². The molecule has 0 amide bonds. The van der Waals surface area contributed by atoms with Crippen LogP contribution in [0.3, 0.4) is 0 Å². The lowest BCUT2D eigenvalue weighted by atomic mass is 10.1. The first kappa shape index (κ1) is 19.1. The molecule has 8 heteroatoms. The Bertz CT molecular complexity index is 461. The van der Waals surface area contributed by atoms with Gasteiger partial charge < -0.3 is 4.74 Å². The predicted octanol–water partition coefficient (Wildman–Crippen LogP) is -0.233. The summed E-state index contributed by atoms with van der Waals surface area (Å²) in [4.78, 5) is 4.80. The molecule has 0 spiro atoms. The molecule has 0 bridgehead atoms. The average molecular weight is 349 g/mol. The summed E-state index contributed by atoms with van der Waals surface area (Å²) in [5.41, 5.74) is 0. The summed E-state index contributed by atoms with van der Waals surface area (Å²) in [6.07, 6.45) is 0.236. The lowest BCUT2D eigenvalue weighted by Crippen LogP contribution is -2.55. The molecule has 2 aliphatic heterocycles. The van der Waals surface area contributed by atoms with Crippen molar-refractivity contribution in [2.24, 2.45) is 5.92 Å². The van der Waals surface area contributed by atoms with Crippen LogP contribution in [0.5, 0.6) is 0 Å². The van der Waals surface area contributed by atoms with Crippen molar-refractivity contribution in [1.29, 1.82) is 0 Å². The Morgan fingerprint density at radius 2 is 1.74 bits per heavy atom. The number of ether oxygens (including phenoxy) is 1. The van der Waals surface area contributed by atoms with Crippen molar-refractivity contribution in [2.45, 2.75) is 20.0 Å². The second kappa shape index (κ2) is 8.22. The second-order valence-corrected chi connectivity index (χ2v) is 9.28. The predicted molar refractivity (Wildman–Crippen MR) is 91.6 cm³/mol. The first-order chi connectivity index (χ1) is 10.8. The quantitative estimate of drug-likeness (QED) is 0.664. The molecule has 23 heavy (non-hydrogen) atoms. The topological polar surface area (TPSA) is 56.3 Å². The van der Waals surface area contributed by atoms with Crippen LogP contribution in [0.4, 0.5) is 0 Å². The molecule has 1 unspecified atom stereocenters. The second-order valence-electron chi connectivity index (χ2n) is 7.14. The zero-order valence-corrected chi connectivity index (χ0v) is 15.8. The van der Waals surface area contributed by atoms with Gasteiger partial charge in [-0.1, -0.05) is 13.8 Å². The molecule has 2 saturated heterocycles. The minimum atomic E-state index is -3.28. The Hall–Kier alpha value is -0.250. The molecule has 0 N–H and O–H groups in total. The standard InChI is InChI=1S/C15H32N4O3S/c1-14(2)11-18-9-10-22-15(13-18)12-17-5-7-19(8-6-17)23(20,21)16(3)4/h14-15H,5-13H2,1-4H3. The van der Waals surface area contributed by atoms with Gasteiger partial charge in [0.2, 0.25) is 0 Å². The van der Waals surface area contributed by atoms with Gasteiger partial charge in [-0.2, -0.15) is 17.0 Å². The Balaban J connectivity index is 1.78. The molecule has 2 fully saturated rings. The average Bonchev–Trinajstić information content (AvgIpc) is 2.47. The number of nitrogens with zero attached hydrogens (tertiary/aromatic N) is 4. The summed E-state index contributed by atoms with van der Waals surface area (Å²) in [5, 5.41) is 0. The molecule has 0 saturated carbocycles. The van der Waals surface area contributed by atoms with Crippen molar-refractivity contribution >= 4 is 10.2 Å². The highest BCUT2D eigenvalue weighted by Gasteiger charge is 2.30. The van der Waals surface area contributed by atoms with Gasteiger partial charge in [-0.3, -0.25) is 9.80 Å². The summed E-state index contributed by atoms with van der Waals surface area (Å²) in [6, 6.07) is 0. The molecule has 0 aromatic heterocycles. The van der Waals surface area contributed by atoms with E-state index in [1.807, 2.05) is 0 Å². The number of morpholine rings is 1. The zero-order valence-electron chi connectivity index (χ0n) is 14.9. The van der Waals surface area contributed by atoms with Gasteiger partial charge in [-0.05, 0) is 5.92 Å². The van der Waals surface area contributed by atoms with E-state index in [0.29, 0.717) is 19.0 Å². The van der Waals surface area contributed by atoms with E-state index in [1.165, 1.54) is 4.31 Å². The summed E-state index contributed by atoms with van der Waals surface area (Å²) in [6.45, 7) is 12.0. The van der Waals surface area contributed by atoms with Crippen LogP contribution in [0, 0.1) is 5.92 Å². The van der Waals surface area contributed by atoms with E-state index < -0.39 is 10.2 Å². The summed E-state index contributed by atoms with van der Waals surface area (Å²) < 4.78 is 33.0. The lowest BCUT2D eigenvalue weighted by molar-refractivity contribution is -0.0487. The summed E-state index contributed by atoms with van der Waals surface area (Å²) in [7, 11) is -0.110. The van der Waals surface area contributed by atoms with Gasteiger partial charge in [0.25, 0.3) is 10.2 Å². The maximum atomic E-state index is 12.1. The normalized spacial score (nSPS) is 26.3. The van der Waals surface area contributed by atoms with Crippen LogP contribution in [0.2, 0.25) is 0 Å². The summed E-state index contributed by atoms with van der Waals surface area (Å²) >= 11 is 0. The highest BCUT2D eigenvalue weighted by atomic mass is 32.2. The van der Waals surface area contributed by atoms with E-state index in [0.717, 1.165) is 45.9 Å². The first-order valence-electron chi connectivity index (χ1n) is 8.53. The van der Waals surface area contributed by atoms with Gasteiger partial charge in [0.1, 0.15) is 0 Å². The van der Waals surface area contributed by atoms with Gasteiger partial charge in [0.05, 0.1) is 12.7 Å². The van der Waals surface area contributed by atoms with Gasteiger partial charge in [0, 0.05) is 66.5 Å². The number of rotatable bonds is 6. The van der Waals surface area contributed by atoms with Crippen LogP contribution in [-0.4, -0.2) is 106 Å². The van der Waals surface area contributed by atoms with Gasteiger partial charge in [-0.25, -0.2) is 0 Å². The van der Waals surface area contributed by atoms with E-state index in [-0.39, 0.29) is 6.10 Å². The van der Waals surface area contributed by atoms with Gasteiger partial charge >= 0.3 is 0 Å². The van der Waals surface area contributed by atoms with Crippen LogP contribution in [0.15, 0.2) is 0 Å². The maximum absolute atomic E-state index is 12.1. The monoisotopic (exact) mass is 348 g/mol. The number of hydrogen-bond acceptors (Lipinski definition) is 5. The molecule has 1 atom stereocenters. The molecule has 0 aromatic carbocycles. The largest absolute Gasteiger partial charge is 0.374 e. The minimum Gasteiger partial charge on any atom is -0.374 e. The van der Waals surface area contributed by atoms with E-state index in [2.05, 4.69) is 23.6 Å². The highest BCUT2D eigenvalue weighted by Crippen LogP contribution is 2.13. The highest BCUT2D eigenvalue weighted by molar-refractivity contribution is 7.86. The zero-order chi connectivity index (χ0) is 17.0. The fourth-order valence-electron chi connectivity index (χ4n) is 3.23. The third kappa shape index (κ3) is 5.37. The Kier molecular flexibility index (Phi) is 6.82. The lowest BCUT2D eigenvalue weighted by Gasteiger charge is -2.39. The van der Waals surface area contributed by atoms with E-state index in [4.69, 9.17) is 4.74 Å². The molecular formula is C15H32N4O3S. The van der Waals surface area contributed by atoms with Crippen LogP contribution < -0.4 is 0 Å². The van der Waals surface area contributed by atoms with E-state index in [9.17, 15) is 8.42 Å². The van der Waals surface area contributed by atoms with Crippen LogP contribution in [0.1, 0.15) is 13.8 Å². The van der Waals surface area contributed by atoms with Crippen molar-refractivity contribution < 1.29 is 13.2 Å². The van der Waals surface area contributed by atoms with Crippen molar-refractivity contribution in [3.05, 3.63) is 0 Å². The molecule has 2 aliphatic rings. The smallest absolute Gasteiger partial charge is 0.281 e. The molecule has 2 rings (SSSR count). The molecule has 0 aliphatic carbocycles. The molecule has 2 heterocycles. The van der Waals surface area contributed by atoms with Crippen molar-refractivity contribution in [3.63, 3.8) is 0 Å². The number of hydrogen-bond donors (Lipinski definition) is 0. The molecule has 0 aromatic rings. The fraction of sp³-hybridized carbons (Fsp3) is 1.00. The summed E-state index contributed by atoms with van der Waals surface area (Å²) in [5.74, 6) is 0.675. The van der Waals surface area contributed by atoms with Gasteiger partial charge in [0.15, 0.2) is 0 Å². The van der Waals surface area contributed by atoms with Gasteiger partial charge in [-0.15, -0.1) is 0 Å². The maximum Gasteiger partial charge on any atom is 0.281 e. The van der Waals surface area contributed by atoms with Crippen LogP contribution in [-0.2, 0) is 14.9 Å². The minimum absolute atomic E-state index is 0.236. The molecule has 0 radical (unpaired) electrons. The van der Waals surface area contributed by atoms with E-state index >= 15 is 0 Å². The molecular weight excluding hydrogens is 316 g/mol. The fourth-order valence-corrected chi connectivity index (χ4v) is 4.32. The SMILES string of the molecule is CC(C)CN1CCOC(CN2CCN(S(=O)(=O)N(C)C)CC2)C1. The number of piperazine rings is 1. The molecule has 136 valence electrons. The van der Waals surface area contributed by atoms with Crippen LogP contribution in [0.25, 0.3) is 0 Å². The Morgan fingerprint density at radius 3 is 2.30 bits per heavy atom. The Morgan fingerprint density at radius 1 is 1.09 bits per heavy atom. The van der Waals surface area contributed by atoms with E-state index in [1.54, 1.807) is 18.4 Å². The molecule has 7 nitrogen and oxygen atoms in total. The first-order valence-corrected chi connectivity index (χ1v) is 9.92. The van der Waals surface area contributed by atoms with Crippen molar-refractivity contribution in [1.82, 2.24) is 18.4 Å². The third-order valence-electron chi connectivity index (χ3n) is 4.43. The van der Waals surface area contributed by atoms with Crippen LogP contribution >= 0.6 is 0 Å².